The first kappa shape index (κ1) is 12.6. The molecule has 2 saturated heterocycles. The molecule has 1 aromatic heterocycles. The molecule has 100 valence electrons. The highest BCUT2D eigenvalue weighted by Crippen LogP contribution is 2.37. The zero-order chi connectivity index (χ0) is 12.5. The number of fused-ring (bicyclic) bond motifs is 2. The zero-order valence-corrected chi connectivity index (χ0v) is 12.2. The molecule has 2 unspecified atom stereocenters. The van der Waals surface area contributed by atoms with E-state index in [2.05, 4.69) is 29.0 Å². The monoisotopic (exact) mass is 265 g/mol. The van der Waals surface area contributed by atoms with Crippen LogP contribution < -0.4 is 5.32 Å². The first-order chi connectivity index (χ1) is 8.76. The molecule has 0 spiro atoms. The lowest BCUT2D eigenvalue weighted by Crippen LogP contribution is -2.48. The molecule has 18 heavy (non-hydrogen) atoms. The van der Waals surface area contributed by atoms with E-state index in [1.54, 1.807) is 0 Å². The van der Waals surface area contributed by atoms with Crippen molar-refractivity contribution < 1.29 is 0 Å². The van der Waals surface area contributed by atoms with Crippen molar-refractivity contribution in [2.45, 2.75) is 64.2 Å². The summed E-state index contributed by atoms with van der Waals surface area (Å²) in [5.41, 5.74) is 0. The number of aromatic nitrogens is 1. The van der Waals surface area contributed by atoms with Gasteiger partial charge in [0, 0.05) is 29.2 Å². The Kier molecular flexibility index (Phi) is 3.68. The molecule has 0 aliphatic carbocycles. The number of piperidine rings is 1. The molecule has 2 atom stereocenters. The smallest absolute Gasteiger partial charge is 0.107 e. The fourth-order valence-electron chi connectivity index (χ4n) is 3.62. The van der Waals surface area contributed by atoms with Crippen molar-refractivity contribution in [1.82, 2.24) is 15.2 Å². The van der Waals surface area contributed by atoms with Crippen molar-refractivity contribution in [1.29, 1.82) is 0 Å². The summed E-state index contributed by atoms with van der Waals surface area (Å²) in [5, 5.41) is 4.93. The van der Waals surface area contributed by atoms with E-state index in [9.17, 15) is 0 Å². The van der Waals surface area contributed by atoms with Crippen molar-refractivity contribution >= 4 is 11.3 Å². The summed E-state index contributed by atoms with van der Waals surface area (Å²) in [4.78, 5) is 8.57. The van der Waals surface area contributed by atoms with Crippen molar-refractivity contribution in [2.24, 2.45) is 0 Å². The highest BCUT2D eigenvalue weighted by atomic mass is 32.1. The summed E-state index contributed by atoms with van der Waals surface area (Å²) in [6, 6.07) is 2.33. The Morgan fingerprint density at radius 2 is 2.11 bits per heavy atom. The molecule has 1 aromatic rings. The van der Waals surface area contributed by atoms with Gasteiger partial charge in [0.2, 0.25) is 0 Å². The lowest BCUT2D eigenvalue weighted by molar-refractivity contribution is 0.110. The first-order valence-electron chi connectivity index (χ1n) is 7.16. The minimum atomic E-state index is 0.752. The van der Waals surface area contributed by atoms with Gasteiger partial charge in [0.15, 0.2) is 0 Å². The highest BCUT2D eigenvalue weighted by Gasteiger charge is 2.40. The van der Waals surface area contributed by atoms with Gasteiger partial charge in [-0.15, -0.1) is 11.3 Å². The number of hydrogen-bond acceptors (Lipinski definition) is 4. The molecular weight excluding hydrogens is 242 g/mol. The van der Waals surface area contributed by atoms with Crippen LogP contribution in [0.3, 0.4) is 0 Å². The van der Waals surface area contributed by atoms with Gasteiger partial charge in [-0.2, -0.15) is 0 Å². The van der Waals surface area contributed by atoms with E-state index in [0.717, 1.165) is 31.2 Å². The van der Waals surface area contributed by atoms with Gasteiger partial charge >= 0.3 is 0 Å². The third kappa shape index (κ3) is 2.46. The van der Waals surface area contributed by atoms with Gasteiger partial charge in [0.1, 0.15) is 5.01 Å². The Morgan fingerprint density at radius 1 is 1.39 bits per heavy atom. The van der Waals surface area contributed by atoms with Crippen molar-refractivity contribution in [3.8, 4) is 0 Å². The van der Waals surface area contributed by atoms with Gasteiger partial charge < -0.3 is 5.32 Å². The second-order valence-corrected chi connectivity index (χ2v) is 6.97. The number of nitrogens with zero attached hydrogens (tertiary/aromatic N) is 2. The number of rotatable bonds is 4. The molecule has 3 rings (SSSR count). The van der Waals surface area contributed by atoms with Gasteiger partial charge in [-0.1, -0.05) is 6.92 Å². The molecule has 2 fully saturated rings. The van der Waals surface area contributed by atoms with Gasteiger partial charge in [-0.25, -0.2) is 4.98 Å². The molecule has 1 N–H and O–H groups in total. The predicted octanol–water partition coefficient (Wildman–Crippen LogP) is 2.56. The third-order valence-corrected chi connectivity index (χ3v) is 5.26. The minimum Gasteiger partial charge on any atom is -0.314 e. The SMILES string of the molecule is CCNC1CC2CCC(C1)N2Cc1ncc(C)s1. The van der Waals surface area contributed by atoms with Gasteiger partial charge in [-0.05, 0) is 39.2 Å². The summed E-state index contributed by atoms with van der Waals surface area (Å²) in [5.74, 6) is 0. The van der Waals surface area contributed by atoms with Crippen LogP contribution in [-0.4, -0.2) is 34.6 Å². The molecule has 4 heteroatoms. The average Bonchev–Trinajstić information content (AvgIpc) is 2.83. The second kappa shape index (κ2) is 5.27. The standard InChI is InChI=1S/C14H23N3S/c1-3-15-11-6-12-4-5-13(7-11)17(12)9-14-16-8-10(2)18-14/h8,11-13,15H,3-7,9H2,1-2H3. The Labute approximate surface area is 114 Å². The average molecular weight is 265 g/mol. The van der Waals surface area contributed by atoms with E-state index in [1.807, 2.05) is 17.5 Å². The van der Waals surface area contributed by atoms with E-state index < -0.39 is 0 Å². The fraction of sp³-hybridized carbons (Fsp3) is 0.786. The van der Waals surface area contributed by atoms with E-state index in [0.29, 0.717) is 0 Å². The van der Waals surface area contributed by atoms with Crippen LogP contribution >= 0.6 is 11.3 Å². The van der Waals surface area contributed by atoms with E-state index in [1.165, 1.54) is 35.6 Å². The van der Waals surface area contributed by atoms with Crippen LogP contribution in [0.4, 0.5) is 0 Å². The quantitative estimate of drug-likeness (QED) is 0.907. The normalized spacial score (nSPS) is 32.0. The molecule has 2 aliphatic rings. The fourth-order valence-corrected chi connectivity index (χ4v) is 4.41. The van der Waals surface area contributed by atoms with Gasteiger partial charge in [0.25, 0.3) is 0 Å². The number of aryl methyl sites for hydroxylation is 1. The van der Waals surface area contributed by atoms with Crippen molar-refractivity contribution in [3.63, 3.8) is 0 Å². The maximum Gasteiger partial charge on any atom is 0.107 e. The molecule has 2 bridgehead atoms. The van der Waals surface area contributed by atoms with Crippen molar-refractivity contribution in [3.05, 3.63) is 16.1 Å². The summed E-state index contributed by atoms with van der Waals surface area (Å²) < 4.78 is 0. The van der Waals surface area contributed by atoms with E-state index in [-0.39, 0.29) is 0 Å². The second-order valence-electron chi connectivity index (χ2n) is 5.65. The van der Waals surface area contributed by atoms with Crippen LogP contribution in [0.2, 0.25) is 0 Å². The Bertz CT molecular complexity index is 389. The lowest BCUT2D eigenvalue weighted by atomic mass is 9.97. The molecule has 3 heterocycles. The number of nitrogens with one attached hydrogen (secondary N) is 1. The molecule has 0 aromatic carbocycles. The lowest BCUT2D eigenvalue weighted by Gasteiger charge is -2.38. The van der Waals surface area contributed by atoms with Gasteiger partial charge in [-0.3, -0.25) is 4.90 Å². The molecule has 0 amide bonds. The maximum atomic E-state index is 4.52. The molecule has 0 saturated carbocycles. The number of thiazole rings is 1. The third-order valence-electron chi connectivity index (χ3n) is 4.36. The molecule has 0 radical (unpaired) electrons. The molecule has 3 nitrogen and oxygen atoms in total. The van der Waals surface area contributed by atoms with E-state index >= 15 is 0 Å². The Hall–Kier alpha value is -0.450. The van der Waals surface area contributed by atoms with Crippen LogP contribution in [0.5, 0.6) is 0 Å². The summed E-state index contributed by atoms with van der Waals surface area (Å²) >= 11 is 1.86. The zero-order valence-electron chi connectivity index (χ0n) is 11.4. The maximum absolute atomic E-state index is 4.52. The molecular formula is C14H23N3S. The number of hydrogen-bond donors (Lipinski definition) is 1. The largest absolute Gasteiger partial charge is 0.314 e. The predicted molar refractivity (Wildman–Crippen MR) is 75.9 cm³/mol. The van der Waals surface area contributed by atoms with Crippen molar-refractivity contribution in [2.75, 3.05) is 6.54 Å². The topological polar surface area (TPSA) is 28.2 Å². The Morgan fingerprint density at radius 3 is 2.67 bits per heavy atom. The van der Waals surface area contributed by atoms with Crippen LogP contribution in [0, 0.1) is 6.92 Å². The van der Waals surface area contributed by atoms with E-state index in [4.69, 9.17) is 0 Å². The molecule has 2 aliphatic heterocycles. The summed E-state index contributed by atoms with van der Waals surface area (Å²) in [7, 11) is 0. The van der Waals surface area contributed by atoms with Gasteiger partial charge in [0.05, 0.1) is 6.54 Å². The first-order valence-corrected chi connectivity index (χ1v) is 7.98. The van der Waals surface area contributed by atoms with Crippen LogP contribution in [-0.2, 0) is 6.54 Å². The summed E-state index contributed by atoms with van der Waals surface area (Å²) in [6.07, 6.45) is 7.44. The summed E-state index contributed by atoms with van der Waals surface area (Å²) in [6.45, 7) is 6.54. The Balaban J connectivity index is 1.65. The minimum absolute atomic E-state index is 0.752. The highest BCUT2D eigenvalue weighted by molar-refractivity contribution is 7.11. The van der Waals surface area contributed by atoms with Crippen LogP contribution in [0.25, 0.3) is 0 Å². The van der Waals surface area contributed by atoms with Crippen LogP contribution in [0.1, 0.15) is 42.5 Å². The van der Waals surface area contributed by atoms with Crippen LogP contribution in [0.15, 0.2) is 6.20 Å².